The maximum atomic E-state index is 2.41. The molecule has 0 saturated heterocycles. The average Bonchev–Trinajstić information content (AvgIpc) is 2.06. The third-order valence-corrected chi connectivity index (χ3v) is 2.60. The Labute approximate surface area is 84.9 Å². The molecule has 3 N–H and O–H groups in total. The van der Waals surface area contributed by atoms with Crippen LogP contribution in [0.4, 0.5) is 0 Å². The normalized spacial score (nSPS) is 10.2. The summed E-state index contributed by atoms with van der Waals surface area (Å²) in [6.45, 7) is 6.97. The maximum Gasteiger partial charge on any atom is -0.0443 e. The molecule has 82 valence electrons. The predicted octanol–water partition coefficient (Wildman–Crippen LogP) is 4.95. The molecule has 0 rings (SSSR count). The number of hydrogen-bond acceptors (Lipinski definition) is 1. The highest BCUT2D eigenvalue weighted by Crippen LogP contribution is 2.16. The second-order valence-corrected chi connectivity index (χ2v) is 4.10. The highest BCUT2D eigenvalue weighted by molar-refractivity contribution is 4.53. The first-order chi connectivity index (χ1) is 5.81. The summed E-state index contributed by atoms with van der Waals surface area (Å²) < 4.78 is 0. The average molecular weight is 187 g/mol. The van der Waals surface area contributed by atoms with Crippen LogP contribution in [0.1, 0.15) is 72.1 Å². The number of rotatable bonds is 8. The van der Waals surface area contributed by atoms with Crippen LogP contribution in [0.15, 0.2) is 0 Å². The lowest BCUT2D eigenvalue weighted by molar-refractivity contribution is 0.442. The van der Waals surface area contributed by atoms with Gasteiger partial charge < -0.3 is 6.15 Å². The molecule has 1 heteroatoms. The third-order valence-electron chi connectivity index (χ3n) is 2.60. The van der Waals surface area contributed by atoms with E-state index in [-0.39, 0.29) is 6.15 Å². The fourth-order valence-electron chi connectivity index (χ4n) is 1.63. The molecule has 0 saturated carbocycles. The van der Waals surface area contributed by atoms with E-state index in [2.05, 4.69) is 20.8 Å². The molecule has 0 bridgehead atoms. The van der Waals surface area contributed by atoms with Crippen LogP contribution in [-0.4, -0.2) is 0 Å². The SMILES string of the molecule is CCCCCC(C)CCCCC.N. The zero-order valence-electron chi connectivity index (χ0n) is 9.94. The second-order valence-electron chi connectivity index (χ2n) is 4.10. The van der Waals surface area contributed by atoms with Crippen LogP contribution in [0.5, 0.6) is 0 Å². The molecule has 0 amide bonds. The first kappa shape index (κ1) is 15.4. The van der Waals surface area contributed by atoms with E-state index < -0.39 is 0 Å². The van der Waals surface area contributed by atoms with Gasteiger partial charge in [0.05, 0.1) is 0 Å². The summed E-state index contributed by atoms with van der Waals surface area (Å²) in [5, 5.41) is 0. The summed E-state index contributed by atoms with van der Waals surface area (Å²) in [4.78, 5) is 0. The van der Waals surface area contributed by atoms with Gasteiger partial charge in [0.25, 0.3) is 0 Å². The quantitative estimate of drug-likeness (QED) is 0.536. The van der Waals surface area contributed by atoms with Crippen molar-refractivity contribution in [2.75, 3.05) is 0 Å². The standard InChI is InChI=1S/C12H26.H3N/c1-4-6-8-10-12(3)11-9-7-5-2;/h12H,4-11H2,1-3H3;1H3. The summed E-state index contributed by atoms with van der Waals surface area (Å²) in [6, 6.07) is 0. The summed E-state index contributed by atoms with van der Waals surface area (Å²) in [5.74, 6) is 0.975. The van der Waals surface area contributed by atoms with E-state index in [1.54, 1.807) is 0 Å². The van der Waals surface area contributed by atoms with Crippen molar-refractivity contribution < 1.29 is 0 Å². The molecule has 0 aliphatic carbocycles. The largest absolute Gasteiger partial charge is 0.344 e. The second kappa shape index (κ2) is 12.0. The molecule has 1 nitrogen and oxygen atoms in total. The number of unbranched alkanes of at least 4 members (excludes halogenated alkanes) is 4. The van der Waals surface area contributed by atoms with E-state index in [0.29, 0.717) is 0 Å². The van der Waals surface area contributed by atoms with Crippen LogP contribution in [-0.2, 0) is 0 Å². The van der Waals surface area contributed by atoms with Gasteiger partial charge in [0.2, 0.25) is 0 Å². The molecule has 0 radical (unpaired) electrons. The van der Waals surface area contributed by atoms with Crippen molar-refractivity contribution in [3.8, 4) is 0 Å². The molecular weight excluding hydrogens is 158 g/mol. The Morgan fingerprint density at radius 3 is 1.46 bits per heavy atom. The van der Waals surface area contributed by atoms with Gasteiger partial charge in [0.1, 0.15) is 0 Å². The molecule has 0 aliphatic rings. The van der Waals surface area contributed by atoms with E-state index in [0.717, 1.165) is 5.92 Å². The molecule has 0 aromatic rings. The van der Waals surface area contributed by atoms with Crippen molar-refractivity contribution in [1.29, 1.82) is 0 Å². The van der Waals surface area contributed by atoms with Crippen molar-refractivity contribution in [1.82, 2.24) is 6.15 Å². The van der Waals surface area contributed by atoms with Crippen LogP contribution in [0.3, 0.4) is 0 Å². The Kier molecular flexibility index (Phi) is 14.2. The molecule has 0 aliphatic heterocycles. The maximum absolute atomic E-state index is 2.41. The monoisotopic (exact) mass is 187 g/mol. The van der Waals surface area contributed by atoms with Crippen LogP contribution in [0.25, 0.3) is 0 Å². The van der Waals surface area contributed by atoms with Gasteiger partial charge in [-0.3, -0.25) is 0 Å². The number of hydrogen-bond donors (Lipinski definition) is 1. The van der Waals surface area contributed by atoms with Crippen molar-refractivity contribution in [2.45, 2.75) is 72.1 Å². The van der Waals surface area contributed by atoms with Crippen molar-refractivity contribution in [3.05, 3.63) is 0 Å². The summed E-state index contributed by atoms with van der Waals surface area (Å²) in [6.07, 6.45) is 11.4. The molecule has 0 heterocycles. The minimum Gasteiger partial charge on any atom is -0.344 e. The zero-order chi connectivity index (χ0) is 9.23. The molecule has 0 fully saturated rings. The van der Waals surface area contributed by atoms with E-state index in [4.69, 9.17) is 0 Å². The first-order valence-electron chi connectivity index (χ1n) is 5.81. The van der Waals surface area contributed by atoms with Crippen molar-refractivity contribution in [3.63, 3.8) is 0 Å². The van der Waals surface area contributed by atoms with Crippen LogP contribution in [0, 0.1) is 5.92 Å². The van der Waals surface area contributed by atoms with Gasteiger partial charge in [0, 0.05) is 0 Å². The van der Waals surface area contributed by atoms with Gasteiger partial charge >= 0.3 is 0 Å². The Morgan fingerprint density at radius 2 is 1.15 bits per heavy atom. The summed E-state index contributed by atoms with van der Waals surface area (Å²) in [5.41, 5.74) is 0. The van der Waals surface area contributed by atoms with E-state index in [1.165, 1.54) is 51.4 Å². The molecule has 0 unspecified atom stereocenters. The van der Waals surface area contributed by atoms with Gasteiger partial charge in [0.15, 0.2) is 0 Å². The van der Waals surface area contributed by atoms with Crippen LogP contribution in [0.2, 0.25) is 0 Å². The lowest BCUT2D eigenvalue weighted by atomic mass is 9.97. The lowest BCUT2D eigenvalue weighted by Gasteiger charge is -2.09. The molecule has 0 aromatic carbocycles. The Hall–Kier alpha value is -0.0400. The smallest absolute Gasteiger partial charge is 0.0443 e. The van der Waals surface area contributed by atoms with E-state index in [1.807, 2.05) is 0 Å². The molecule has 13 heavy (non-hydrogen) atoms. The molecule has 0 aromatic heterocycles. The Morgan fingerprint density at radius 1 is 0.769 bits per heavy atom. The van der Waals surface area contributed by atoms with Gasteiger partial charge in [-0.05, 0) is 5.92 Å². The first-order valence-corrected chi connectivity index (χ1v) is 5.81. The predicted molar refractivity (Wildman–Crippen MR) is 62.5 cm³/mol. The van der Waals surface area contributed by atoms with E-state index in [9.17, 15) is 0 Å². The molecule has 0 spiro atoms. The Balaban J connectivity index is 0. The summed E-state index contributed by atoms with van der Waals surface area (Å²) >= 11 is 0. The van der Waals surface area contributed by atoms with Gasteiger partial charge in [-0.1, -0.05) is 72.1 Å². The van der Waals surface area contributed by atoms with Crippen LogP contribution < -0.4 is 6.15 Å². The fraction of sp³-hybridized carbons (Fsp3) is 1.00. The minimum atomic E-state index is 0. The van der Waals surface area contributed by atoms with Crippen molar-refractivity contribution in [2.24, 2.45) is 5.92 Å². The minimum absolute atomic E-state index is 0. The van der Waals surface area contributed by atoms with Gasteiger partial charge in [-0.15, -0.1) is 0 Å². The Bertz CT molecular complexity index is 71.2. The fourth-order valence-corrected chi connectivity index (χ4v) is 1.63. The lowest BCUT2D eigenvalue weighted by Crippen LogP contribution is -1.94. The molecular formula is C12H29N. The summed E-state index contributed by atoms with van der Waals surface area (Å²) in [7, 11) is 0. The van der Waals surface area contributed by atoms with Gasteiger partial charge in [-0.25, -0.2) is 0 Å². The zero-order valence-corrected chi connectivity index (χ0v) is 9.94. The highest BCUT2D eigenvalue weighted by atomic mass is 14.1. The molecule has 0 atom stereocenters. The van der Waals surface area contributed by atoms with Gasteiger partial charge in [-0.2, -0.15) is 0 Å². The highest BCUT2D eigenvalue weighted by Gasteiger charge is 2.00. The van der Waals surface area contributed by atoms with Crippen molar-refractivity contribution >= 4 is 0 Å². The van der Waals surface area contributed by atoms with Crippen LogP contribution >= 0.6 is 0 Å². The van der Waals surface area contributed by atoms with E-state index >= 15 is 0 Å². The topological polar surface area (TPSA) is 35.0 Å². The third kappa shape index (κ3) is 12.0.